The summed E-state index contributed by atoms with van der Waals surface area (Å²) in [5, 5.41) is 0. The summed E-state index contributed by atoms with van der Waals surface area (Å²) in [5.41, 5.74) is 3.62. The summed E-state index contributed by atoms with van der Waals surface area (Å²) in [6.07, 6.45) is 4.16. The Balaban J connectivity index is 2.43. The largest absolute Gasteiger partial charge is 0.294 e. The van der Waals surface area contributed by atoms with Crippen molar-refractivity contribution in [2.75, 3.05) is 0 Å². The van der Waals surface area contributed by atoms with Gasteiger partial charge in [-0.25, -0.2) is 0 Å². The maximum atomic E-state index is 11.2. The Kier molecular flexibility index (Phi) is 3.68. The maximum Gasteiger partial charge on any atom is 0.294 e. The van der Waals surface area contributed by atoms with Gasteiger partial charge in [-0.2, -0.15) is 8.42 Å². The zero-order valence-electron chi connectivity index (χ0n) is 10.8. The van der Waals surface area contributed by atoms with Crippen LogP contribution in [0.5, 0.6) is 0 Å². The lowest BCUT2D eigenvalue weighted by Gasteiger charge is -2.11. The zero-order chi connectivity index (χ0) is 14.0. The van der Waals surface area contributed by atoms with Gasteiger partial charge in [0, 0.05) is 12.4 Å². The highest BCUT2D eigenvalue weighted by atomic mass is 32.2. The third-order valence-electron chi connectivity index (χ3n) is 3.27. The van der Waals surface area contributed by atoms with E-state index in [1.165, 1.54) is 6.07 Å². The number of aromatic nitrogens is 1. The van der Waals surface area contributed by atoms with E-state index in [1.807, 2.05) is 19.1 Å². The molecular weight excluding hydrogens is 262 g/mol. The van der Waals surface area contributed by atoms with Gasteiger partial charge in [-0.3, -0.25) is 9.54 Å². The molecule has 0 aliphatic rings. The van der Waals surface area contributed by atoms with Gasteiger partial charge in [0.1, 0.15) is 0 Å². The molecule has 1 N–H and O–H groups in total. The molecule has 4 nitrogen and oxygen atoms in total. The number of benzene rings is 1. The minimum Gasteiger partial charge on any atom is -0.282 e. The van der Waals surface area contributed by atoms with Gasteiger partial charge >= 0.3 is 0 Å². The zero-order valence-corrected chi connectivity index (χ0v) is 11.6. The van der Waals surface area contributed by atoms with Gasteiger partial charge in [0.15, 0.2) is 0 Å². The SMILES string of the molecule is Cc1c(Cc2ccncc2)ccc(S(=O)(=O)O)c1C. The molecule has 1 heterocycles. The summed E-state index contributed by atoms with van der Waals surface area (Å²) in [7, 11) is -4.16. The molecule has 0 radical (unpaired) electrons. The van der Waals surface area contributed by atoms with Crippen LogP contribution in [-0.2, 0) is 16.5 Å². The average Bonchev–Trinajstić information content (AvgIpc) is 2.35. The smallest absolute Gasteiger partial charge is 0.282 e. The fraction of sp³-hybridized carbons (Fsp3) is 0.214. The quantitative estimate of drug-likeness (QED) is 0.875. The van der Waals surface area contributed by atoms with Gasteiger partial charge in [-0.15, -0.1) is 0 Å². The van der Waals surface area contributed by atoms with Crippen LogP contribution < -0.4 is 0 Å². The molecule has 0 fully saturated rings. The third-order valence-corrected chi connectivity index (χ3v) is 4.27. The second-order valence-corrected chi connectivity index (χ2v) is 5.87. The van der Waals surface area contributed by atoms with Crippen molar-refractivity contribution in [3.05, 3.63) is 58.9 Å². The molecule has 0 atom stereocenters. The van der Waals surface area contributed by atoms with Crippen LogP contribution in [0.1, 0.15) is 22.3 Å². The molecule has 19 heavy (non-hydrogen) atoms. The van der Waals surface area contributed by atoms with Crippen LogP contribution in [0.3, 0.4) is 0 Å². The Morgan fingerprint density at radius 1 is 1.05 bits per heavy atom. The highest BCUT2D eigenvalue weighted by Gasteiger charge is 2.16. The minimum absolute atomic E-state index is 0.0246. The number of rotatable bonds is 3. The van der Waals surface area contributed by atoms with Gasteiger partial charge < -0.3 is 0 Å². The van der Waals surface area contributed by atoms with Crippen LogP contribution in [0.4, 0.5) is 0 Å². The molecule has 2 rings (SSSR count). The Morgan fingerprint density at radius 3 is 2.26 bits per heavy atom. The molecule has 1 aromatic carbocycles. The third kappa shape index (κ3) is 3.00. The molecule has 0 saturated carbocycles. The molecule has 2 aromatic rings. The topological polar surface area (TPSA) is 67.3 Å². The lowest BCUT2D eigenvalue weighted by Crippen LogP contribution is -2.04. The predicted octanol–water partition coefficient (Wildman–Crippen LogP) is 2.54. The van der Waals surface area contributed by atoms with E-state index >= 15 is 0 Å². The standard InChI is InChI=1S/C14H15NO3S/c1-10-11(2)14(19(16,17)18)4-3-13(10)9-12-5-7-15-8-6-12/h3-8H,9H2,1-2H3,(H,16,17,18). The Hall–Kier alpha value is -1.72. The second-order valence-electron chi connectivity index (χ2n) is 4.48. The van der Waals surface area contributed by atoms with E-state index in [0.29, 0.717) is 12.0 Å². The highest BCUT2D eigenvalue weighted by molar-refractivity contribution is 7.85. The van der Waals surface area contributed by atoms with Gasteiger partial charge in [-0.05, 0) is 60.7 Å². The molecular formula is C14H15NO3S. The average molecular weight is 277 g/mol. The van der Waals surface area contributed by atoms with Crippen molar-refractivity contribution in [2.24, 2.45) is 0 Å². The molecule has 0 aliphatic carbocycles. The van der Waals surface area contributed by atoms with Crippen LogP contribution in [0, 0.1) is 13.8 Å². The van der Waals surface area contributed by atoms with E-state index in [1.54, 1.807) is 25.4 Å². The molecule has 0 unspecified atom stereocenters. The van der Waals surface area contributed by atoms with Crippen LogP contribution in [-0.4, -0.2) is 18.0 Å². The molecule has 0 aliphatic heterocycles. The van der Waals surface area contributed by atoms with Crippen molar-refractivity contribution in [3.63, 3.8) is 0 Å². The van der Waals surface area contributed by atoms with E-state index in [9.17, 15) is 8.42 Å². The van der Waals surface area contributed by atoms with Crippen molar-refractivity contribution in [2.45, 2.75) is 25.2 Å². The summed E-state index contributed by atoms with van der Waals surface area (Å²) in [6.45, 7) is 3.56. The molecule has 0 spiro atoms. The first kappa shape index (κ1) is 13.7. The number of hydrogen-bond acceptors (Lipinski definition) is 3. The molecule has 0 saturated heterocycles. The number of nitrogens with zero attached hydrogens (tertiary/aromatic N) is 1. The van der Waals surface area contributed by atoms with Crippen LogP contribution in [0.15, 0.2) is 41.6 Å². The van der Waals surface area contributed by atoms with Crippen LogP contribution in [0.25, 0.3) is 0 Å². The van der Waals surface area contributed by atoms with E-state index in [2.05, 4.69) is 4.98 Å². The van der Waals surface area contributed by atoms with E-state index < -0.39 is 10.1 Å². The monoisotopic (exact) mass is 277 g/mol. The fourth-order valence-corrected chi connectivity index (χ4v) is 2.82. The molecule has 0 amide bonds. The molecule has 0 bridgehead atoms. The molecule has 5 heteroatoms. The first-order valence-electron chi connectivity index (χ1n) is 5.85. The van der Waals surface area contributed by atoms with Crippen molar-refractivity contribution < 1.29 is 13.0 Å². The molecule has 100 valence electrons. The van der Waals surface area contributed by atoms with Crippen molar-refractivity contribution >= 4 is 10.1 Å². The van der Waals surface area contributed by atoms with E-state index in [0.717, 1.165) is 16.7 Å². The Bertz CT molecular complexity index is 694. The summed E-state index contributed by atoms with van der Waals surface area (Å²) < 4.78 is 31.6. The lowest BCUT2D eigenvalue weighted by atomic mass is 9.98. The van der Waals surface area contributed by atoms with Crippen LogP contribution in [0.2, 0.25) is 0 Å². The predicted molar refractivity (Wildman–Crippen MR) is 72.8 cm³/mol. The Labute approximate surface area is 112 Å². The first-order valence-corrected chi connectivity index (χ1v) is 7.29. The fourth-order valence-electron chi connectivity index (χ4n) is 2.04. The number of pyridine rings is 1. The highest BCUT2D eigenvalue weighted by Crippen LogP contribution is 2.23. The normalized spacial score (nSPS) is 11.5. The Morgan fingerprint density at radius 2 is 1.68 bits per heavy atom. The van der Waals surface area contributed by atoms with Crippen molar-refractivity contribution in [3.8, 4) is 0 Å². The molecule has 1 aromatic heterocycles. The van der Waals surface area contributed by atoms with E-state index in [-0.39, 0.29) is 4.90 Å². The number of hydrogen-bond donors (Lipinski definition) is 1. The van der Waals surface area contributed by atoms with Crippen molar-refractivity contribution in [1.82, 2.24) is 4.98 Å². The van der Waals surface area contributed by atoms with Crippen molar-refractivity contribution in [1.29, 1.82) is 0 Å². The van der Waals surface area contributed by atoms with Gasteiger partial charge in [0.2, 0.25) is 0 Å². The summed E-state index contributed by atoms with van der Waals surface area (Å²) in [6, 6.07) is 7.04. The van der Waals surface area contributed by atoms with E-state index in [4.69, 9.17) is 4.55 Å². The lowest BCUT2D eigenvalue weighted by molar-refractivity contribution is 0.482. The minimum atomic E-state index is -4.16. The van der Waals surface area contributed by atoms with Gasteiger partial charge in [0.25, 0.3) is 10.1 Å². The maximum absolute atomic E-state index is 11.2. The van der Waals surface area contributed by atoms with Gasteiger partial charge in [0.05, 0.1) is 4.90 Å². The van der Waals surface area contributed by atoms with Gasteiger partial charge in [-0.1, -0.05) is 6.07 Å². The second kappa shape index (κ2) is 5.11. The summed E-state index contributed by atoms with van der Waals surface area (Å²) >= 11 is 0. The summed E-state index contributed by atoms with van der Waals surface area (Å²) in [4.78, 5) is 3.94. The summed E-state index contributed by atoms with van der Waals surface area (Å²) in [5.74, 6) is 0. The first-order chi connectivity index (χ1) is 8.89. The van der Waals surface area contributed by atoms with Crippen LogP contribution >= 0.6 is 0 Å².